The van der Waals surface area contributed by atoms with Crippen molar-refractivity contribution in [2.24, 2.45) is 5.73 Å². The number of hydrogen-bond acceptors (Lipinski definition) is 5. The number of benzene rings is 1. The summed E-state index contributed by atoms with van der Waals surface area (Å²) in [5, 5.41) is 0.693. The van der Waals surface area contributed by atoms with E-state index in [0.717, 1.165) is 51.7 Å². The molecule has 26 heavy (non-hydrogen) atoms. The van der Waals surface area contributed by atoms with Gasteiger partial charge in [0, 0.05) is 38.3 Å². The summed E-state index contributed by atoms with van der Waals surface area (Å²) in [6.07, 6.45) is 3.72. The number of halogens is 1. The maximum Gasteiger partial charge on any atom is 0.137 e. The molecule has 0 saturated carbocycles. The minimum Gasteiger partial charge on any atom is -0.491 e. The average Bonchev–Trinajstić information content (AvgIpc) is 2.65. The summed E-state index contributed by atoms with van der Waals surface area (Å²) in [4.78, 5) is 4.86. The van der Waals surface area contributed by atoms with Gasteiger partial charge in [0.05, 0.1) is 18.2 Å². The number of piperidine rings is 1. The van der Waals surface area contributed by atoms with Crippen molar-refractivity contribution in [1.82, 2.24) is 9.80 Å². The third kappa shape index (κ3) is 5.57. The Hall–Kier alpha value is -0.850. The molecule has 1 aromatic carbocycles. The van der Waals surface area contributed by atoms with Crippen molar-refractivity contribution in [3.05, 3.63) is 28.8 Å². The predicted octanol–water partition coefficient (Wildman–Crippen LogP) is 2.75. The number of hydrogen-bond donors (Lipinski definition) is 1. The lowest BCUT2D eigenvalue weighted by atomic mass is 9.96. The second-order valence-electron chi connectivity index (χ2n) is 7.46. The molecule has 0 aliphatic carbocycles. The summed E-state index contributed by atoms with van der Waals surface area (Å²) in [5.74, 6) is 0.770. The topological polar surface area (TPSA) is 51.0 Å². The highest BCUT2D eigenvalue weighted by atomic mass is 35.5. The fourth-order valence-corrected chi connectivity index (χ4v) is 4.17. The van der Waals surface area contributed by atoms with Gasteiger partial charge < -0.3 is 15.2 Å². The fraction of sp³-hybridized carbons (Fsp3) is 0.700. The number of ether oxygens (including phenoxy) is 2. The molecule has 2 fully saturated rings. The Kier molecular flexibility index (Phi) is 7.58. The van der Waals surface area contributed by atoms with Gasteiger partial charge in [-0.05, 0) is 44.0 Å². The molecule has 2 N–H and O–H groups in total. The van der Waals surface area contributed by atoms with Crippen LogP contribution in [0.4, 0.5) is 0 Å². The van der Waals surface area contributed by atoms with E-state index in [2.05, 4.69) is 22.8 Å². The minimum absolute atomic E-state index is 0.202. The van der Waals surface area contributed by atoms with Crippen LogP contribution in [-0.2, 0) is 11.3 Å². The van der Waals surface area contributed by atoms with Gasteiger partial charge in [-0.3, -0.25) is 9.80 Å². The van der Waals surface area contributed by atoms with Crippen molar-refractivity contribution in [3.63, 3.8) is 0 Å². The largest absolute Gasteiger partial charge is 0.491 e. The van der Waals surface area contributed by atoms with E-state index in [0.29, 0.717) is 17.7 Å². The van der Waals surface area contributed by atoms with E-state index in [1.54, 1.807) is 0 Å². The van der Waals surface area contributed by atoms with Crippen molar-refractivity contribution in [3.8, 4) is 5.75 Å². The minimum atomic E-state index is 0.202. The van der Waals surface area contributed by atoms with E-state index < -0.39 is 0 Å². The molecule has 0 bridgehead atoms. The van der Waals surface area contributed by atoms with Crippen LogP contribution < -0.4 is 10.5 Å². The Morgan fingerprint density at radius 2 is 2.08 bits per heavy atom. The van der Waals surface area contributed by atoms with Crippen LogP contribution in [0.2, 0.25) is 5.02 Å². The van der Waals surface area contributed by atoms with E-state index >= 15 is 0 Å². The molecular weight excluding hydrogens is 350 g/mol. The summed E-state index contributed by atoms with van der Waals surface area (Å²) < 4.78 is 11.3. The smallest absolute Gasteiger partial charge is 0.137 e. The van der Waals surface area contributed by atoms with Crippen LogP contribution in [0.15, 0.2) is 18.2 Å². The number of likely N-dealkylation sites (tertiary alicyclic amines) is 1. The molecule has 1 aromatic rings. The van der Waals surface area contributed by atoms with Crippen LogP contribution in [0, 0.1) is 0 Å². The highest BCUT2D eigenvalue weighted by Gasteiger charge is 2.25. The Labute approximate surface area is 162 Å². The monoisotopic (exact) mass is 381 g/mol. The summed E-state index contributed by atoms with van der Waals surface area (Å²) in [7, 11) is 0. The molecule has 2 heterocycles. The molecular formula is C20H32ClN3O2. The maximum atomic E-state index is 6.47. The van der Waals surface area contributed by atoms with Gasteiger partial charge in [0.1, 0.15) is 12.4 Å². The van der Waals surface area contributed by atoms with Crippen molar-refractivity contribution < 1.29 is 9.47 Å². The molecule has 3 rings (SSSR count). The molecule has 0 aromatic heterocycles. The number of nitrogens with two attached hydrogens (primary N) is 1. The van der Waals surface area contributed by atoms with Gasteiger partial charge in [-0.1, -0.05) is 24.1 Å². The second-order valence-corrected chi connectivity index (χ2v) is 7.87. The molecule has 2 aliphatic rings. The standard InChI is InChI=1S/C20H32ClN3O2/c1-16(22)19-4-2-3-7-24(19)15-17-5-6-20(18(21)14-17)26-13-10-23-8-11-25-12-9-23/h5-6,14,16,19H,2-4,7-13,15,22H2,1H3. The first-order valence-corrected chi connectivity index (χ1v) is 10.2. The lowest BCUT2D eigenvalue weighted by molar-refractivity contribution is 0.0322. The van der Waals surface area contributed by atoms with Gasteiger partial charge >= 0.3 is 0 Å². The normalized spacial score (nSPS) is 23.7. The van der Waals surface area contributed by atoms with E-state index in [9.17, 15) is 0 Å². The summed E-state index contributed by atoms with van der Waals surface area (Å²) >= 11 is 6.47. The Morgan fingerprint density at radius 3 is 2.81 bits per heavy atom. The highest BCUT2D eigenvalue weighted by molar-refractivity contribution is 6.32. The summed E-state index contributed by atoms with van der Waals surface area (Å²) in [5.41, 5.74) is 7.41. The molecule has 2 atom stereocenters. The SMILES string of the molecule is CC(N)C1CCCCN1Cc1ccc(OCCN2CCOCC2)c(Cl)c1. The zero-order valence-corrected chi connectivity index (χ0v) is 16.6. The zero-order chi connectivity index (χ0) is 18.4. The van der Waals surface area contributed by atoms with Crippen LogP contribution in [0.5, 0.6) is 5.75 Å². The molecule has 2 saturated heterocycles. The molecule has 146 valence electrons. The maximum absolute atomic E-state index is 6.47. The van der Waals surface area contributed by atoms with E-state index in [4.69, 9.17) is 26.8 Å². The van der Waals surface area contributed by atoms with Crippen molar-refractivity contribution in [2.75, 3.05) is 46.0 Å². The first-order chi connectivity index (χ1) is 12.6. The quantitative estimate of drug-likeness (QED) is 0.787. The first kappa shape index (κ1) is 19.9. The number of morpholine rings is 1. The zero-order valence-electron chi connectivity index (χ0n) is 15.8. The van der Waals surface area contributed by atoms with Gasteiger partial charge in [0.25, 0.3) is 0 Å². The Morgan fingerprint density at radius 1 is 1.27 bits per heavy atom. The predicted molar refractivity (Wildman–Crippen MR) is 106 cm³/mol. The van der Waals surface area contributed by atoms with Crippen molar-refractivity contribution in [2.45, 2.75) is 44.8 Å². The summed E-state index contributed by atoms with van der Waals surface area (Å²) in [6.45, 7) is 9.27. The van der Waals surface area contributed by atoms with Crippen LogP contribution in [0.3, 0.4) is 0 Å². The van der Waals surface area contributed by atoms with Gasteiger partial charge in [-0.25, -0.2) is 0 Å². The van der Waals surface area contributed by atoms with Crippen molar-refractivity contribution >= 4 is 11.6 Å². The van der Waals surface area contributed by atoms with E-state index in [1.165, 1.54) is 24.8 Å². The fourth-order valence-electron chi connectivity index (χ4n) is 3.91. The van der Waals surface area contributed by atoms with E-state index in [-0.39, 0.29) is 6.04 Å². The Balaban J connectivity index is 1.51. The van der Waals surface area contributed by atoms with Gasteiger partial charge in [-0.15, -0.1) is 0 Å². The Bertz CT molecular complexity index is 564. The second kappa shape index (κ2) is 9.90. The summed E-state index contributed by atoms with van der Waals surface area (Å²) in [6, 6.07) is 6.84. The lowest BCUT2D eigenvalue weighted by Crippen LogP contribution is -2.48. The van der Waals surface area contributed by atoms with Gasteiger partial charge in [0.15, 0.2) is 0 Å². The van der Waals surface area contributed by atoms with Crippen molar-refractivity contribution in [1.29, 1.82) is 0 Å². The molecule has 5 nitrogen and oxygen atoms in total. The average molecular weight is 382 g/mol. The molecule has 2 unspecified atom stereocenters. The van der Waals surface area contributed by atoms with Crippen LogP contribution in [0.1, 0.15) is 31.7 Å². The number of nitrogens with zero attached hydrogens (tertiary/aromatic N) is 2. The van der Waals surface area contributed by atoms with Gasteiger partial charge in [0.2, 0.25) is 0 Å². The van der Waals surface area contributed by atoms with Crippen LogP contribution in [0.25, 0.3) is 0 Å². The lowest BCUT2D eigenvalue weighted by Gasteiger charge is -2.38. The highest BCUT2D eigenvalue weighted by Crippen LogP contribution is 2.28. The molecule has 2 aliphatic heterocycles. The molecule has 0 radical (unpaired) electrons. The first-order valence-electron chi connectivity index (χ1n) is 9.84. The number of rotatable bonds is 7. The van der Waals surface area contributed by atoms with Crippen LogP contribution in [-0.4, -0.2) is 67.9 Å². The van der Waals surface area contributed by atoms with E-state index in [1.807, 2.05) is 12.1 Å². The van der Waals surface area contributed by atoms with Crippen LogP contribution >= 0.6 is 11.6 Å². The molecule has 0 spiro atoms. The third-order valence-electron chi connectivity index (χ3n) is 5.42. The third-order valence-corrected chi connectivity index (χ3v) is 5.72. The molecule has 6 heteroatoms. The molecule has 0 amide bonds. The van der Waals surface area contributed by atoms with Gasteiger partial charge in [-0.2, -0.15) is 0 Å².